The molecule has 1 atom stereocenters. The largest absolute Gasteiger partial charge is 0.351 e. The first-order valence-corrected chi connectivity index (χ1v) is 14.7. The normalized spacial score (nSPS) is 12.6. The number of carbonyl (C=O) groups is 1. The highest BCUT2D eigenvalue weighted by molar-refractivity contribution is 5.81. The SMILES string of the molecule is CCCCCCCCCCCCCCCCCCNC(=O)[C@H](Cc1ccccc1)[N+](C)(C)CC. The van der Waals surface area contributed by atoms with Crippen LogP contribution in [0.3, 0.4) is 0 Å². The number of benzene rings is 1. The van der Waals surface area contributed by atoms with Crippen LogP contribution in [0, 0.1) is 0 Å². The minimum absolute atomic E-state index is 0.0338. The van der Waals surface area contributed by atoms with Crippen molar-refractivity contribution in [2.24, 2.45) is 0 Å². The number of rotatable bonds is 22. The van der Waals surface area contributed by atoms with Crippen LogP contribution < -0.4 is 5.32 Å². The Morgan fingerprint density at radius 2 is 1.15 bits per heavy atom. The lowest BCUT2D eigenvalue weighted by atomic mass is 10.0. The van der Waals surface area contributed by atoms with Crippen LogP contribution in [0.1, 0.15) is 122 Å². The molecule has 196 valence electrons. The van der Waals surface area contributed by atoms with Gasteiger partial charge in [-0.25, -0.2) is 0 Å². The maximum absolute atomic E-state index is 13.0. The molecule has 0 aromatic heterocycles. The Labute approximate surface area is 212 Å². The minimum atomic E-state index is -0.0338. The van der Waals surface area contributed by atoms with Gasteiger partial charge in [-0.1, -0.05) is 134 Å². The molecule has 1 rings (SSSR count). The molecule has 1 aromatic rings. The Morgan fingerprint density at radius 1 is 0.706 bits per heavy atom. The smallest absolute Gasteiger partial charge is 0.278 e. The van der Waals surface area contributed by atoms with Gasteiger partial charge in [0.05, 0.1) is 20.6 Å². The topological polar surface area (TPSA) is 29.1 Å². The molecule has 1 aromatic carbocycles. The van der Waals surface area contributed by atoms with Crippen LogP contribution in [0.2, 0.25) is 0 Å². The van der Waals surface area contributed by atoms with Gasteiger partial charge in [-0.15, -0.1) is 0 Å². The van der Waals surface area contributed by atoms with Gasteiger partial charge >= 0.3 is 0 Å². The van der Waals surface area contributed by atoms with Crippen LogP contribution in [0.15, 0.2) is 30.3 Å². The second-order valence-electron chi connectivity index (χ2n) is 10.9. The summed E-state index contributed by atoms with van der Waals surface area (Å²) < 4.78 is 0.722. The van der Waals surface area contributed by atoms with E-state index in [-0.39, 0.29) is 11.9 Å². The molecule has 0 radical (unpaired) electrons. The van der Waals surface area contributed by atoms with Crippen molar-refractivity contribution < 1.29 is 9.28 Å². The summed E-state index contributed by atoms with van der Waals surface area (Å²) in [7, 11) is 4.34. The molecule has 0 bridgehead atoms. The van der Waals surface area contributed by atoms with Crippen molar-refractivity contribution in [3.05, 3.63) is 35.9 Å². The van der Waals surface area contributed by atoms with Crippen LogP contribution in [-0.2, 0) is 11.2 Å². The van der Waals surface area contributed by atoms with Crippen LogP contribution in [0.5, 0.6) is 0 Å². The van der Waals surface area contributed by atoms with E-state index < -0.39 is 0 Å². The summed E-state index contributed by atoms with van der Waals surface area (Å²) >= 11 is 0. The van der Waals surface area contributed by atoms with Crippen LogP contribution in [0.25, 0.3) is 0 Å². The molecule has 0 spiro atoms. The highest BCUT2D eigenvalue weighted by atomic mass is 16.2. The van der Waals surface area contributed by atoms with Crippen molar-refractivity contribution in [3.8, 4) is 0 Å². The standard InChI is InChI=1S/C31H56N2O/c1-5-7-8-9-10-11-12-13-14-15-16-17-18-19-20-24-27-32-31(34)30(33(3,4)6-2)28-29-25-22-21-23-26-29/h21-23,25-26,30H,5-20,24,27-28H2,1-4H3/p+1/t30-/m0/s1. The summed E-state index contributed by atoms with van der Waals surface area (Å²) in [6.45, 7) is 6.22. The summed E-state index contributed by atoms with van der Waals surface area (Å²) in [4.78, 5) is 13.0. The van der Waals surface area contributed by atoms with Gasteiger partial charge in [0.1, 0.15) is 0 Å². The molecule has 0 saturated carbocycles. The van der Waals surface area contributed by atoms with Gasteiger partial charge in [-0.05, 0) is 18.9 Å². The lowest BCUT2D eigenvalue weighted by Crippen LogP contribution is -2.57. The average molecular weight is 474 g/mol. The van der Waals surface area contributed by atoms with Gasteiger partial charge in [-0.3, -0.25) is 4.79 Å². The summed E-state index contributed by atoms with van der Waals surface area (Å²) in [5, 5.41) is 3.24. The second kappa shape index (κ2) is 19.9. The fourth-order valence-electron chi connectivity index (χ4n) is 4.72. The number of unbranched alkanes of at least 4 members (excludes halogenated alkanes) is 15. The van der Waals surface area contributed by atoms with Crippen molar-refractivity contribution in [3.63, 3.8) is 0 Å². The van der Waals surface area contributed by atoms with Gasteiger partial charge < -0.3 is 9.80 Å². The zero-order valence-electron chi connectivity index (χ0n) is 23.3. The van der Waals surface area contributed by atoms with Gasteiger partial charge in [-0.2, -0.15) is 0 Å². The third kappa shape index (κ3) is 14.8. The maximum atomic E-state index is 13.0. The van der Waals surface area contributed by atoms with E-state index in [2.05, 4.69) is 57.5 Å². The third-order valence-corrected chi connectivity index (χ3v) is 7.56. The number of quaternary nitrogens is 1. The van der Waals surface area contributed by atoms with Crippen LogP contribution >= 0.6 is 0 Å². The molecule has 3 heteroatoms. The average Bonchev–Trinajstić information content (AvgIpc) is 2.84. The fraction of sp³-hybridized carbons (Fsp3) is 0.774. The summed E-state index contributed by atoms with van der Waals surface area (Å²) in [6, 6.07) is 10.4. The number of nitrogens with zero attached hydrogens (tertiary/aromatic N) is 1. The van der Waals surface area contributed by atoms with E-state index in [1.54, 1.807) is 0 Å². The predicted octanol–water partition coefficient (Wildman–Crippen LogP) is 8.07. The Hall–Kier alpha value is -1.35. The minimum Gasteiger partial charge on any atom is -0.351 e. The fourth-order valence-corrected chi connectivity index (χ4v) is 4.72. The first-order chi connectivity index (χ1) is 16.5. The van der Waals surface area contributed by atoms with E-state index in [1.807, 2.05) is 6.07 Å². The number of likely N-dealkylation sites (N-methyl/N-ethyl adjacent to an activating group) is 1. The third-order valence-electron chi connectivity index (χ3n) is 7.56. The van der Waals surface area contributed by atoms with E-state index in [1.165, 1.54) is 102 Å². The molecule has 0 unspecified atom stereocenters. The molecule has 1 N–H and O–H groups in total. The maximum Gasteiger partial charge on any atom is 0.278 e. The van der Waals surface area contributed by atoms with Crippen molar-refractivity contribution in [1.29, 1.82) is 0 Å². The number of hydrogen-bond donors (Lipinski definition) is 1. The summed E-state index contributed by atoms with van der Waals surface area (Å²) in [5.74, 6) is 0.205. The molecule has 1 amide bonds. The molecular weight excluding hydrogens is 416 g/mol. The van der Waals surface area contributed by atoms with E-state index >= 15 is 0 Å². The molecule has 34 heavy (non-hydrogen) atoms. The van der Waals surface area contributed by atoms with Gasteiger partial charge in [0.25, 0.3) is 5.91 Å². The number of hydrogen-bond acceptors (Lipinski definition) is 1. The lowest BCUT2D eigenvalue weighted by molar-refractivity contribution is -0.904. The van der Waals surface area contributed by atoms with E-state index in [0.717, 1.165) is 30.4 Å². The Balaban J connectivity index is 2.03. The number of nitrogens with one attached hydrogen (secondary N) is 1. The van der Waals surface area contributed by atoms with Crippen molar-refractivity contribution >= 4 is 5.91 Å². The van der Waals surface area contributed by atoms with Crippen molar-refractivity contribution in [2.45, 2.75) is 129 Å². The lowest BCUT2D eigenvalue weighted by Gasteiger charge is -2.36. The summed E-state index contributed by atoms with van der Waals surface area (Å²) in [6.07, 6.45) is 22.8. The van der Waals surface area contributed by atoms with Gasteiger partial charge in [0, 0.05) is 13.0 Å². The number of amides is 1. The summed E-state index contributed by atoms with van der Waals surface area (Å²) in [5.41, 5.74) is 1.24. The van der Waals surface area contributed by atoms with E-state index in [9.17, 15) is 4.79 Å². The predicted molar refractivity (Wildman–Crippen MR) is 149 cm³/mol. The second-order valence-corrected chi connectivity index (χ2v) is 10.9. The Bertz CT molecular complexity index is 599. The zero-order valence-corrected chi connectivity index (χ0v) is 23.3. The van der Waals surface area contributed by atoms with Gasteiger partial charge in [0.2, 0.25) is 0 Å². The molecule has 0 saturated heterocycles. The van der Waals surface area contributed by atoms with Crippen molar-refractivity contribution in [1.82, 2.24) is 5.32 Å². The molecule has 0 aliphatic carbocycles. The molecule has 0 heterocycles. The highest BCUT2D eigenvalue weighted by Gasteiger charge is 2.33. The molecular formula is C31H57N2O+. The highest BCUT2D eigenvalue weighted by Crippen LogP contribution is 2.15. The van der Waals surface area contributed by atoms with Crippen LogP contribution in [0.4, 0.5) is 0 Å². The molecule has 0 aliphatic heterocycles. The Kier molecular flexibility index (Phi) is 18.0. The first-order valence-electron chi connectivity index (χ1n) is 14.7. The Morgan fingerprint density at radius 3 is 1.59 bits per heavy atom. The van der Waals surface area contributed by atoms with Crippen molar-refractivity contribution in [2.75, 3.05) is 27.2 Å². The molecule has 0 aliphatic rings. The molecule has 0 fully saturated rings. The van der Waals surface area contributed by atoms with Crippen LogP contribution in [-0.4, -0.2) is 43.6 Å². The number of carbonyl (C=O) groups excluding carboxylic acids is 1. The molecule has 3 nitrogen and oxygen atoms in total. The monoisotopic (exact) mass is 473 g/mol. The first kappa shape index (κ1) is 30.7. The van der Waals surface area contributed by atoms with Gasteiger partial charge in [0.15, 0.2) is 6.04 Å². The zero-order chi connectivity index (χ0) is 24.9. The van der Waals surface area contributed by atoms with E-state index in [0.29, 0.717) is 0 Å². The quantitative estimate of drug-likeness (QED) is 0.134. The van der Waals surface area contributed by atoms with E-state index in [4.69, 9.17) is 0 Å².